The van der Waals surface area contributed by atoms with E-state index in [0.717, 1.165) is 31.7 Å². The van der Waals surface area contributed by atoms with E-state index < -0.39 is 0 Å². The van der Waals surface area contributed by atoms with Gasteiger partial charge in [-0.3, -0.25) is 4.99 Å². The second kappa shape index (κ2) is 6.74. The molecule has 1 unspecified atom stereocenters. The molecule has 2 aliphatic heterocycles. The Labute approximate surface area is 140 Å². The van der Waals surface area contributed by atoms with E-state index in [9.17, 15) is 0 Å². The molecule has 2 aliphatic rings. The molecule has 3 heteroatoms. The van der Waals surface area contributed by atoms with Crippen molar-refractivity contribution >= 4 is 11.9 Å². The van der Waals surface area contributed by atoms with Gasteiger partial charge in [-0.05, 0) is 71.7 Å². The van der Waals surface area contributed by atoms with Gasteiger partial charge in [-0.2, -0.15) is 0 Å². The number of hydrogen-bond acceptors (Lipinski definition) is 3. The van der Waals surface area contributed by atoms with E-state index in [1.165, 1.54) is 31.5 Å². The summed E-state index contributed by atoms with van der Waals surface area (Å²) < 4.78 is 5.97. The van der Waals surface area contributed by atoms with Gasteiger partial charge >= 0.3 is 0 Å². The van der Waals surface area contributed by atoms with Crippen molar-refractivity contribution in [3.05, 3.63) is 29.8 Å². The van der Waals surface area contributed by atoms with E-state index in [1.807, 2.05) is 0 Å². The van der Waals surface area contributed by atoms with E-state index in [4.69, 9.17) is 9.73 Å². The number of aliphatic imine (C=N–C) groups is 1. The molecule has 0 bridgehead atoms. The van der Waals surface area contributed by atoms with Crippen molar-refractivity contribution in [2.24, 2.45) is 10.4 Å². The fourth-order valence-electron chi connectivity index (χ4n) is 4.03. The third-order valence-electron chi connectivity index (χ3n) is 5.13. The molecule has 0 radical (unpaired) electrons. The first-order chi connectivity index (χ1) is 11.0. The Morgan fingerprint density at radius 1 is 1.17 bits per heavy atom. The lowest BCUT2D eigenvalue weighted by atomic mass is 9.74. The lowest BCUT2D eigenvalue weighted by molar-refractivity contribution is -0.0897. The summed E-state index contributed by atoms with van der Waals surface area (Å²) in [6.45, 7) is 11.0. The molecule has 0 N–H and O–H groups in total. The molecule has 2 fully saturated rings. The molecule has 0 amide bonds. The molecular weight excluding hydrogens is 284 g/mol. The van der Waals surface area contributed by atoms with Gasteiger partial charge < -0.3 is 9.64 Å². The van der Waals surface area contributed by atoms with Crippen molar-refractivity contribution in [1.82, 2.24) is 4.90 Å². The van der Waals surface area contributed by atoms with Gasteiger partial charge in [0, 0.05) is 24.8 Å². The molecule has 0 saturated carbocycles. The maximum absolute atomic E-state index is 5.97. The highest BCUT2D eigenvalue weighted by molar-refractivity contribution is 5.70. The summed E-state index contributed by atoms with van der Waals surface area (Å²) in [6, 6.07) is 8.49. The Morgan fingerprint density at radius 2 is 1.87 bits per heavy atom. The van der Waals surface area contributed by atoms with Crippen molar-refractivity contribution in [2.75, 3.05) is 26.2 Å². The summed E-state index contributed by atoms with van der Waals surface area (Å²) in [5.41, 5.74) is 2.41. The van der Waals surface area contributed by atoms with Gasteiger partial charge in [0.1, 0.15) is 0 Å². The number of benzene rings is 1. The maximum Gasteiger partial charge on any atom is 0.0635 e. The lowest BCUT2D eigenvalue weighted by Gasteiger charge is -2.44. The van der Waals surface area contributed by atoms with Crippen LogP contribution in [0.2, 0.25) is 0 Å². The third kappa shape index (κ3) is 4.42. The second-order valence-electron chi connectivity index (χ2n) is 7.97. The van der Waals surface area contributed by atoms with Gasteiger partial charge in [0.05, 0.1) is 11.3 Å². The highest BCUT2D eigenvalue weighted by Crippen LogP contribution is 2.39. The summed E-state index contributed by atoms with van der Waals surface area (Å²) in [5, 5.41) is 0. The van der Waals surface area contributed by atoms with Crippen LogP contribution in [0.25, 0.3) is 0 Å². The third-order valence-corrected chi connectivity index (χ3v) is 5.13. The van der Waals surface area contributed by atoms with Gasteiger partial charge in [0.15, 0.2) is 0 Å². The average Bonchev–Trinajstić information content (AvgIpc) is 2.98. The Balaban J connectivity index is 1.80. The minimum atomic E-state index is -0.0583. The molecule has 0 aliphatic carbocycles. The highest BCUT2D eigenvalue weighted by Gasteiger charge is 2.41. The van der Waals surface area contributed by atoms with Crippen LogP contribution in [0.3, 0.4) is 0 Å². The summed E-state index contributed by atoms with van der Waals surface area (Å²) in [4.78, 5) is 7.46. The maximum atomic E-state index is 5.97. The van der Waals surface area contributed by atoms with Crippen molar-refractivity contribution in [3.63, 3.8) is 0 Å². The summed E-state index contributed by atoms with van der Waals surface area (Å²) in [6.07, 6.45) is 7.03. The molecule has 0 aromatic heterocycles. The number of likely N-dealkylation sites (tertiary alicyclic amines) is 1. The molecule has 1 aromatic rings. The first-order valence-electron chi connectivity index (χ1n) is 8.95. The smallest absolute Gasteiger partial charge is 0.0635 e. The van der Waals surface area contributed by atoms with E-state index >= 15 is 0 Å². The van der Waals surface area contributed by atoms with Crippen LogP contribution in [0.15, 0.2) is 29.3 Å². The minimum Gasteiger partial charge on any atom is -0.376 e. The standard InChI is InChI=1S/C20H30N2O/c1-17-6-8-18(9-7-17)21-15-20(16-22-11-4-5-12-22)10-13-23-19(2,3)14-20/h6-9,15H,4-5,10-14,16H2,1-3H3. The van der Waals surface area contributed by atoms with E-state index in [1.54, 1.807) is 0 Å². The molecular formula is C20H30N2O. The first kappa shape index (κ1) is 16.7. The Bertz CT molecular complexity index is 543. The fraction of sp³-hybridized carbons (Fsp3) is 0.650. The molecule has 23 heavy (non-hydrogen) atoms. The van der Waals surface area contributed by atoms with Gasteiger partial charge in [0.25, 0.3) is 0 Å². The van der Waals surface area contributed by atoms with Gasteiger partial charge in [-0.25, -0.2) is 0 Å². The summed E-state index contributed by atoms with van der Waals surface area (Å²) >= 11 is 0. The fourth-order valence-corrected chi connectivity index (χ4v) is 4.03. The van der Waals surface area contributed by atoms with Crippen molar-refractivity contribution < 1.29 is 4.74 Å². The van der Waals surface area contributed by atoms with Crippen LogP contribution in [-0.2, 0) is 4.74 Å². The van der Waals surface area contributed by atoms with Gasteiger partial charge in [0.2, 0.25) is 0 Å². The van der Waals surface area contributed by atoms with Crippen molar-refractivity contribution in [1.29, 1.82) is 0 Å². The predicted molar refractivity (Wildman–Crippen MR) is 96.7 cm³/mol. The zero-order valence-electron chi connectivity index (χ0n) is 14.8. The van der Waals surface area contributed by atoms with Crippen LogP contribution in [0.4, 0.5) is 5.69 Å². The molecule has 1 aromatic carbocycles. The molecule has 1 atom stereocenters. The number of rotatable bonds is 4. The van der Waals surface area contributed by atoms with Crippen LogP contribution < -0.4 is 0 Å². The molecule has 3 rings (SSSR count). The lowest BCUT2D eigenvalue weighted by Crippen LogP contribution is -2.48. The highest BCUT2D eigenvalue weighted by atomic mass is 16.5. The van der Waals surface area contributed by atoms with E-state index in [0.29, 0.717) is 0 Å². The average molecular weight is 314 g/mol. The van der Waals surface area contributed by atoms with Crippen LogP contribution in [0.1, 0.15) is 45.1 Å². The molecule has 3 nitrogen and oxygen atoms in total. The first-order valence-corrected chi connectivity index (χ1v) is 8.95. The van der Waals surface area contributed by atoms with Crippen molar-refractivity contribution in [2.45, 2.75) is 52.1 Å². The summed E-state index contributed by atoms with van der Waals surface area (Å²) in [7, 11) is 0. The second-order valence-corrected chi connectivity index (χ2v) is 7.97. The minimum absolute atomic E-state index is 0.0583. The number of ether oxygens (including phenoxy) is 1. The van der Waals surface area contributed by atoms with Gasteiger partial charge in [-0.1, -0.05) is 17.7 Å². The number of nitrogens with zero attached hydrogens (tertiary/aromatic N) is 2. The molecule has 2 heterocycles. The Hall–Kier alpha value is -1.19. The van der Waals surface area contributed by atoms with E-state index in [-0.39, 0.29) is 11.0 Å². The van der Waals surface area contributed by atoms with Crippen molar-refractivity contribution in [3.8, 4) is 0 Å². The largest absolute Gasteiger partial charge is 0.376 e. The van der Waals surface area contributed by atoms with E-state index in [2.05, 4.69) is 56.2 Å². The quantitative estimate of drug-likeness (QED) is 0.771. The van der Waals surface area contributed by atoms with Crippen LogP contribution >= 0.6 is 0 Å². The zero-order chi connectivity index (χ0) is 16.3. The Morgan fingerprint density at radius 3 is 2.52 bits per heavy atom. The number of hydrogen-bond donors (Lipinski definition) is 0. The normalized spacial score (nSPS) is 28.5. The SMILES string of the molecule is Cc1ccc(N=CC2(CN3CCCC3)CCOC(C)(C)C2)cc1. The van der Waals surface area contributed by atoms with Crippen LogP contribution in [-0.4, -0.2) is 43.0 Å². The molecule has 2 saturated heterocycles. The topological polar surface area (TPSA) is 24.8 Å². The molecule has 126 valence electrons. The zero-order valence-corrected chi connectivity index (χ0v) is 14.8. The summed E-state index contributed by atoms with van der Waals surface area (Å²) in [5.74, 6) is 0. The predicted octanol–water partition coefficient (Wildman–Crippen LogP) is 4.37. The number of aryl methyl sites for hydroxylation is 1. The van der Waals surface area contributed by atoms with Gasteiger partial charge in [-0.15, -0.1) is 0 Å². The van der Waals surface area contributed by atoms with Crippen LogP contribution in [0, 0.1) is 12.3 Å². The molecule has 0 spiro atoms. The Kier molecular flexibility index (Phi) is 4.88. The van der Waals surface area contributed by atoms with Crippen LogP contribution in [0.5, 0.6) is 0 Å². The monoisotopic (exact) mass is 314 g/mol.